The molecule has 4 heterocycles. The van der Waals surface area contributed by atoms with Crippen molar-refractivity contribution in [1.82, 2.24) is 24.8 Å². The van der Waals surface area contributed by atoms with Crippen molar-refractivity contribution in [2.24, 2.45) is 5.41 Å². The summed E-state index contributed by atoms with van der Waals surface area (Å²) < 4.78 is 45.3. The lowest BCUT2D eigenvalue weighted by molar-refractivity contribution is -0.182. The van der Waals surface area contributed by atoms with Gasteiger partial charge in [-0.25, -0.2) is 4.98 Å². The molecule has 3 fully saturated rings. The van der Waals surface area contributed by atoms with Gasteiger partial charge >= 0.3 is 6.18 Å². The zero-order chi connectivity index (χ0) is 21.6. The van der Waals surface area contributed by atoms with Gasteiger partial charge in [0.25, 0.3) is 0 Å². The number of H-pyrrole nitrogens is 1. The fourth-order valence-electron chi connectivity index (χ4n) is 4.30. The fourth-order valence-corrected chi connectivity index (χ4v) is 4.30. The number of hydrogen-bond acceptors (Lipinski definition) is 7. The summed E-state index contributed by atoms with van der Waals surface area (Å²) in [6, 6.07) is 0.187. The summed E-state index contributed by atoms with van der Waals surface area (Å²) in [4.78, 5) is 32.3. The predicted octanol–water partition coefficient (Wildman–Crippen LogP) is 1.93. The molecule has 0 spiro atoms. The molecule has 0 bridgehead atoms. The topological polar surface area (TPSA) is 99.3 Å². The van der Waals surface area contributed by atoms with Gasteiger partial charge in [0.05, 0.1) is 11.7 Å². The third kappa shape index (κ3) is 3.77. The summed E-state index contributed by atoms with van der Waals surface area (Å²) in [5.41, 5.74) is -0.895. The molecule has 2 saturated heterocycles. The maximum Gasteiger partial charge on any atom is 0.396 e. The number of ether oxygens (including phenoxy) is 1. The van der Waals surface area contributed by atoms with Gasteiger partial charge in [-0.2, -0.15) is 23.1 Å². The van der Waals surface area contributed by atoms with Gasteiger partial charge in [0.15, 0.2) is 11.5 Å². The molecule has 2 aromatic rings. The first-order chi connectivity index (χ1) is 14.9. The first-order valence-corrected chi connectivity index (χ1v) is 10.5. The monoisotopic (exact) mass is 439 g/mol. The van der Waals surface area contributed by atoms with E-state index in [0.29, 0.717) is 43.4 Å². The highest BCUT2D eigenvalue weighted by Crippen LogP contribution is 2.57. The number of anilines is 2. The first kappa shape index (κ1) is 20.3. The highest BCUT2D eigenvalue weighted by atomic mass is 19.4. The molecule has 9 nitrogen and oxygen atoms in total. The number of piperazine rings is 1. The zero-order valence-corrected chi connectivity index (χ0v) is 16.9. The molecule has 2 aliphatic heterocycles. The van der Waals surface area contributed by atoms with E-state index < -0.39 is 11.6 Å². The number of imidazole rings is 1. The van der Waals surface area contributed by atoms with Crippen molar-refractivity contribution in [2.45, 2.75) is 37.9 Å². The minimum Gasteiger partial charge on any atom is -0.381 e. The van der Waals surface area contributed by atoms with Gasteiger partial charge in [0, 0.05) is 38.9 Å². The third-order valence-electron chi connectivity index (χ3n) is 6.49. The summed E-state index contributed by atoms with van der Waals surface area (Å²) in [7, 11) is 0. The van der Waals surface area contributed by atoms with Crippen LogP contribution >= 0.6 is 0 Å². The van der Waals surface area contributed by atoms with Crippen molar-refractivity contribution >= 4 is 28.8 Å². The van der Waals surface area contributed by atoms with E-state index in [1.807, 2.05) is 4.90 Å². The van der Waals surface area contributed by atoms with Crippen LogP contribution in [0.25, 0.3) is 11.2 Å². The summed E-state index contributed by atoms with van der Waals surface area (Å²) in [6.45, 7) is 2.28. The molecule has 0 atom stereocenters. The summed E-state index contributed by atoms with van der Waals surface area (Å²) >= 11 is 0. The van der Waals surface area contributed by atoms with Crippen LogP contribution in [0.3, 0.4) is 0 Å². The Kier molecular flexibility index (Phi) is 4.91. The number of fused-ring (bicyclic) bond motifs is 1. The van der Waals surface area contributed by atoms with E-state index in [2.05, 4.69) is 25.3 Å². The quantitative estimate of drug-likeness (QED) is 0.735. The van der Waals surface area contributed by atoms with Crippen LogP contribution in [0.1, 0.15) is 25.7 Å². The number of carbonyl (C=O) groups excluding carboxylic acids is 1. The molecule has 3 aliphatic rings. The van der Waals surface area contributed by atoms with Crippen LogP contribution in [0.5, 0.6) is 0 Å². The number of aromatic amines is 1. The van der Waals surface area contributed by atoms with Crippen LogP contribution in [0, 0.1) is 5.41 Å². The summed E-state index contributed by atoms with van der Waals surface area (Å²) in [6.07, 6.45) is -0.950. The predicted molar refractivity (Wildman–Crippen MR) is 106 cm³/mol. The van der Waals surface area contributed by atoms with E-state index in [4.69, 9.17) is 4.74 Å². The average Bonchev–Trinajstić information content (AvgIpc) is 3.42. The Hall–Kier alpha value is -2.63. The second-order valence-electron chi connectivity index (χ2n) is 8.46. The molecule has 0 radical (unpaired) electrons. The van der Waals surface area contributed by atoms with E-state index in [-0.39, 0.29) is 43.7 Å². The van der Waals surface area contributed by atoms with Crippen molar-refractivity contribution < 1.29 is 22.7 Å². The highest BCUT2D eigenvalue weighted by molar-refractivity contribution is 5.86. The standard InChI is InChI=1S/C19H24F3N7O2/c20-19(21,22)18(3-4-18)10-23-15-14-16(25-11-24-14)27-17(26-15)28-5-6-29(13(30)9-28)12-1-7-31-8-2-12/h11-12H,1-10H2,(H2,23,24,25,26,27). The molecule has 1 amide bonds. The van der Waals surface area contributed by atoms with E-state index in [9.17, 15) is 18.0 Å². The molecule has 0 unspecified atom stereocenters. The second-order valence-corrected chi connectivity index (χ2v) is 8.46. The maximum absolute atomic E-state index is 13.3. The molecule has 1 saturated carbocycles. The number of aromatic nitrogens is 4. The van der Waals surface area contributed by atoms with Crippen LogP contribution in [0.15, 0.2) is 6.33 Å². The molecule has 1 aliphatic carbocycles. The Labute approximate surface area is 176 Å². The number of alkyl halides is 3. The Morgan fingerprint density at radius 2 is 2.00 bits per heavy atom. The lowest BCUT2D eigenvalue weighted by Gasteiger charge is -2.40. The largest absolute Gasteiger partial charge is 0.396 e. The van der Waals surface area contributed by atoms with E-state index in [0.717, 1.165) is 12.8 Å². The van der Waals surface area contributed by atoms with Gasteiger partial charge < -0.3 is 24.8 Å². The number of halogens is 3. The van der Waals surface area contributed by atoms with Crippen molar-refractivity contribution in [1.29, 1.82) is 0 Å². The lowest BCUT2D eigenvalue weighted by atomic mass is 10.1. The Morgan fingerprint density at radius 1 is 1.23 bits per heavy atom. The molecule has 12 heteroatoms. The van der Waals surface area contributed by atoms with E-state index in [1.54, 1.807) is 4.90 Å². The van der Waals surface area contributed by atoms with Crippen molar-refractivity contribution in [2.75, 3.05) is 49.6 Å². The van der Waals surface area contributed by atoms with Gasteiger partial charge in [0.2, 0.25) is 11.9 Å². The summed E-state index contributed by atoms with van der Waals surface area (Å²) in [5.74, 6) is 0.554. The van der Waals surface area contributed by atoms with Crippen LogP contribution in [-0.2, 0) is 9.53 Å². The van der Waals surface area contributed by atoms with Gasteiger partial charge in [-0.05, 0) is 25.7 Å². The molecular weight excluding hydrogens is 415 g/mol. The van der Waals surface area contributed by atoms with E-state index in [1.165, 1.54) is 6.33 Å². The van der Waals surface area contributed by atoms with Crippen molar-refractivity contribution in [3.63, 3.8) is 0 Å². The van der Waals surface area contributed by atoms with Crippen LogP contribution in [0.2, 0.25) is 0 Å². The molecule has 168 valence electrons. The Balaban J connectivity index is 1.33. The fraction of sp³-hybridized carbons (Fsp3) is 0.684. The van der Waals surface area contributed by atoms with Gasteiger partial charge in [0.1, 0.15) is 12.1 Å². The second kappa shape index (κ2) is 7.50. The average molecular weight is 439 g/mol. The van der Waals surface area contributed by atoms with Crippen LogP contribution < -0.4 is 10.2 Å². The number of carbonyl (C=O) groups is 1. The summed E-state index contributed by atoms with van der Waals surface area (Å²) in [5, 5.41) is 2.86. The number of nitrogens with zero attached hydrogens (tertiary/aromatic N) is 5. The number of rotatable bonds is 5. The Morgan fingerprint density at radius 3 is 2.68 bits per heavy atom. The molecule has 2 aromatic heterocycles. The molecule has 0 aromatic carbocycles. The first-order valence-electron chi connectivity index (χ1n) is 10.5. The molecule has 2 N–H and O–H groups in total. The van der Waals surface area contributed by atoms with Crippen molar-refractivity contribution in [3.05, 3.63) is 6.33 Å². The molecule has 31 heavy (non-hydrogen) atoms. The normalized spacial score (nSPS) is 22.2. The van der Waals surface area contributed by atoms with Crippen LogP contribution in [-0.4, -0.2) is 82.4 Å². The Bertz CT molecular complexity index is 969. The van der Waals surface area contributed by atoms with E-state index >= 15 is 0 Å². The molecular formula is C19H24F3N7O2. The van der Waals surface area contributed by atoms with Gasteiger partial charge in [-0.3, -0.25) is 4.79 Å². The SMILES string of the molecule is O=C1CN(c2nc(NCC3(C(F)(F)F)CC3)c3[nH]cnc3n2)CCN1C1CCOCC1. The van der Waals surface area contributed by atoms with Crippen LogP contribution in [0.4, 0.5) is 24.9 Å². The minimum atomic E-state index is -4.25. The lowest BCUT2D eigenvalue weighted by Crippen LogP contribution is -2.55. The smallest absolute Gasteiger partial charge is 0.381 e. The number of nitrogens with one attached hydrogen (secondary N) is 2. The van der Waals surface area contributed by atoms with Gasteiger partial charge in [-0.1, -0.05) is 0 Å². The maximum atomic E-state index is 13.3. The third-order valence-corrected chi connectivity index (χ3v) is 6.49. The number of amides is 1. The van der Waals surface area contributed by atoms with Crippen molar-refractivity contribution in [3.8, 4) is 0 Å². The molecule has 5 rings (SSSR count). The number of hydrogen-bond donors (Lipinski definition) is 2. The minimum absolute atomic E-state index is 0.00705. The zero-order valence-electron chi connectivity index (χ0n) is 16.9. The van der Waals surface area contributed by atoms with Gasteiger partial charge in [-0.15, -0.1) is 0 Å². The highest BCUT2D eigenvalue weighted by Gasteiger charge is 2.63.